The third-order valence-electron chi connectivity index (χ3n) is 5.80. The Kier molecular flexibility index (Phi) is 8.86. The van der Waals surface area contributed by atoms with Crippen molar-refractivity contribution in [2.45, 2.75) is 60.0 Å². The van der Waals surface area contributed by atoms with E-state index in [-0.39, 0.29) is 22.6 Å². The molecule has 2 rings (SSSR count). The highest BCUT2D eigenvalue weighted by molar-refractivity contribution is 9.28. The van der Waals surface area contributed by atoms with E-state index in [9.17, 15) is 18.0 Å². The van der Waals surface area contributed by atoms with Crippen molar-refractivity contribution in [2.24, 2.45) is 17.3 Å². The fourth-order valence-corrected chi connectivity index (χ4v) is 4.29. The molecule has 1 saturated carbocycles. The van der Waals surface area contributed by atoms with Crippen LogP contribution in [-0.2, 0) is 16.1 Å². The van der Waals surface area contributed by atoms with Crippen LogP contribution in [0.4, 0.5) is 18.9 Å². The normalized spacial score (nSPS) is 19.4. The molecule has 0 heterocycles. The number of esters is 1. The molecule has 0 spiro atoms. The van der Waals surface area contributed by atoms with Gasteiger partial charge in [0.15, 0.2) is 17.5 Å². The summed E-state index contributed by atoms with van der Waals surface area (Å²) in [6.07, 6.45) is 5.69. The average molecular weight is 555 g/mol. The molecule has 1 aromatic rings. The highest BCUT2D eigenvalue weighted by atomic mass is 79.9. The number of ether oxygens (including phenoxy) is 1. The summed E-state index contributed by atoms with van der Waals surface area (Å²) in [6.45, 7) is 7.01. The second kappa shape index (κ2) is 10.5. The second-order valence-corrected chi connectivity index (χ2v) is 11.1. The lowest BCUT2D eigenvalue weighted by molar-refractivity contribution is -0.147. The fraction of sp³-hybridized carbons (Fsp3) is 0.591. The molecule has 0 amide bonds. The molecule has 168 valence electrons. The maximum absolute atomic E-state index is 14.7. The van der Waals surface area contributed by atoms with Crippen molar-refractivity contribution >= 4 is 43.5 Å². The Morgan fingerprint density at radius 1 is 1.13 bits per heavy atom. The number of hydrogen-bond donors (Lipinski definition) is 1. The van der Waals surface area contributed by atoms with Gasteiger partial charge in [0, 0.05) is 12.1 Å². The van der Waals surface area contributed by atoms with E-state index in [4.69, 9.17) is 4.74 Å². The minimum absolute atomic E-state index is 0.0498. The van der Waals surface area contributed by atoms with Crippen LogP contribution in [0.1, 0.15) is 57.6 Å². The number of nitrogens with one attached hydrogen (secondary N) is 1. The second-order valence-electron chi connectivity index (χ2n) is 8.30. The van der Waals surface area contributed by atoms with E-state index >= 15 is 0 Å². The molecule has 0 radical (unpaired) electrons. The molecule has 3 nitrogen and oxygen atoms in total. The maximum atomic E-state index is 14.7. The number of carbonyl (C=O) groups excluding carboxylic acids is 1. The molecule has 1 aliphatic rings. The maximum Gasteiger partial charge on any atom is 0.310 e. The fourth-order valence-electron chi connectivity index (χ4n) is 3.72. The number of rotatable bonds is 10. The van der Waals surface area contributed by atoms with E-state index in [0.29, 0.717) is 6.54 Å². The molecule has 30 heavy (non-hydrogen) atoms. The van der Waals surface area contributed by atoms with Gasteiger partial charge in [-0.05, 0) is 56.5 Å². The highest BCUT2D eigenvalue weighted by Crippen LogP contribution is 2.60. The molecule has 0 unspecified atom stereocenters. The first-order chi connectivity index (χ1) is 14.0. The summed E-state index contributed by atoms with van der Waals surface area (Å²) in [5, 5.41) is 2.87. The molecule has 1 fully saturated rings. The summed E-state index contributed by atoms with van der Waals surface area (Å²) in [6, 6.07) is 0. The lowest BCUT2D eigenvalue weighted by Gasteiger charge is -2.17. The SMILES string of the molecule is CCCCCCNc1c(F)c(C)c(F)c(F)c1COC(=O)[C@@H]1[C@H](C=C(Br)Br)C1(C)C. The van der Waals surface area contributed by atoms with Crippen molar-refractivity contribution in [3.63, 3.8) is 0 Å². The number of benzene rings is 1. The lowest BCUT2D eigenvalue weighted by atomic mass is 10.1. The van der Waals surface area contributed by atoms with Crippen LogP contribution < -0.4 is 5.32 Å². The van der Waals surface area contributed by atoms with Crippen LogP contribution in [-0.4, -0.2) is 12.5 Å². The minimum Gasteiger partial charge on any atom is -0.460 e. The summed E-state index contributed by atoms with van der Waals surface area (Å²) in [5.74, 6) is -4.27. The zero-order valence-electron chi connectivity index (χ0n) is 17.7. The molecule has 0 bridgehead atoms. The molecule has 1 N–H and O–H groups in total. The molecule has 0 saturated heterocycles. The van der Waals surface area contributed by atoms with E-state index in [2.05, 4.69) is 44.1 Å². The largest absolute Gasteiger partial charge is 0.460 e. The van der Waals surface area contributed by atoms with Crippen LogP contribution in [0.3, 0.4) is 0 Å². The summed E-state index contributed by atoms with van der Waals surface area (Å²) in [4.78, 5) is 12.6. The van der Waals surface area contributed by atoms with Gasteiger partial charge in [-0.15, -0.1) is 0 Å². The van der Waals surface area contributed by atoms with Crippen LogP contribution in [0.25, 0.3) is 0 Å². The number of halogens is 5. The van der Waals surface area contributed by atoms with Crippen molar-refractivity contribution in [3.05, 3.63) is 38.0 Å². The Hall–Kier alpha value is -1.02. The van der Waals surface area contributed by atoms with Gasteiger partial charge in [0.25, 0.3) is 0 Å². The Morgan fingerprint density at radius 3 is 2.40 bits per heavy atom. The van der Waals surface area contributed by atoms with Gasteiger partial charge < -0.3 is 10.1 Å². The van der Waals surface area contributed by atoms with E-state index in [1.54, 1.807) is 0 Å². The van der Waals surface area contributed by atoms with Gasteiger partial charge in [-0.25, -0.2) is 13.2 Å². The number of anilines is 1. The van der Waals surface area contributed by atoms with E-state index in [1.807, 2.05) is 19.9 Å². The van der Waals surface area contributed by atoms with Gasteiger partial charge >= 0.3 is 5.97 Å². The predicted molar refractivity (Wildman–Crippen MR) is 120 cm³/mol. The van der Waals surface area contributed by atoms with Crippen molar-refractivity contribution in [1.29, 1.82) is 0 Å². The number of hydrogen-bond acceptors (Lipinski definition) is 3. The third-order valence-corrected chi connectivity index (χ3v) is 6.33. The van der Waals surface area contributed by atoms with Crippen molar-refractivity contribution in [2.75, 3.05) is 11.9 Å². The minimum atomic E-state index is -1.26. The molecule has 1 aliphatic carbocycles. The molecule has 8 heteroatoms. The summed E-state index contributed by atoms with van der Waals surface area (Å²) in [7, 11) is 0. The topological polar surface area (TPSA) is 38.3 Å². The first kappa shape index (κ1) is 25.2. The molecule has 0 aromatic heterocycles. The molecular formula is C22H28Br2F3NO2. The van der Waals surface area contributed by atoms with E-state index < -0.39 is 41.5 Å². The van der Waals surface area contributed by atoms with Crippen molar-refractivity contribution < 1.29 is 22.7 Å². The first-order valence-electron chi connectivity index (χ1n) is 10.1. The van der Waals surface area contributed by atoms with Gasteiger partial charge in [-0.2, -0.15) is 0 Å². The highest BCUT2D eigenvalue weighted by Gasteiger charge is 2.61. The first-order valence-corrected chi connectivity index (χ1v) is 11.7. The monoisotopic (exact) mass is 553 g/mol. The zero-order chi connectivity index (χ0) is 22.6. The van der Waals surface area contributed by atoms with Gasteiger partial charge in [0.05, 0.1) is 20.6 Å². The van der Waals surface area contributed by atoms with Crippen molar-refractivity contribution in [1.82, 2.24) is 0 Å². The Bertz CT molecular complexity index is 823. The van der Waals surface area contributed by atoms with Gasteiger partial charge in [-0.3, -0.25) is 4.79 Å². The molecule has 0 aliphatic heterocycles. The van der Waals surface area contributed by atoms with Crippen LogP contribution >= 0.6 is 31.9 Å². The van der Waals surface area contributed by atoms with Gasteiger partial charge in [-0.1, -0.05) is 46.1 Å². The van der Waals surface area contributed by atoms with E-state index in [0.717, 1.165) is 29.1 Å². The molecule has 1 aromatic carbocycles. The van der Waals surface area contributed by atoms with Gasteiger partial charge in [0.2, 0.25) is 0 Å². The number of allylic oxidation sites excluding steroid dienone is 1. The summed E-state index contributed by atoms with van der Waals surface area (Å²) >= 11 is 6.57. The quantitative estimate of drug-likeness (QED) is 0.187. The van der Waals surface area contributed by atoms with Crippen LogP contribution in [0.5, 0.6) is 0 Å². The number of carbonyl (C=O) groups is 1. The average Bonchev–Trinajstić information content (AvgIpc) is 3.21. The Morgan fingerprint density at radius 2 is 1.80 bits per heavy atom. The van der Waals surface area contributed by atoms with Gasteiger partial charge in [0.1, 0.15) is 6.61 Å². The van der Waals surface area contributed by atoms with E-state index in [1.165, 1.54) is 6.92 Å². The summed E-state index contributed by atoms with van der Waals surface area (Å²) in [5.41, 5.74) is -1.14. The molecule has 2 atom stereocenters. The number of unbranched alkanes of at least 4 members (excludes halogenated alkanes) is 3. The predicted octanol–water partition coefficient (Wildman–Crippen LogP) is 7.35. The third kappa shape index (κ3) is 5.61. The van der Waals surface area contributed by atoms with Crippen LogP contribution in [0.2, 0.25) is 0 Å². The summed E-state index contributed by atoms with van der Waals surface area (Å²) < 4.78 is 49.5. The Labute approximate surface area is 193 Å². The lowest BCUT2D eigenvalue weighted by Crippen LogP contribution is -2.16. The Balaban J connectivity index is 2.16. The molecular weight excluding hydrogens is 527 g/mol. The zero-order valence-corrected chi connectivity index (χ0v) is 20.9. The smallest absolute Gasteiger partial charge is 0.310 e. The van der Waals surface area contributed by atoms with Crippen molar-refractivity contribution in [3.8, 4) is 0 Å². The standard InChI is InChI=1S/C22H28Br2F3NO2/c1-5-6-7-8-9-28-20-13(19(27)17(25)12(2)18(20)26)11-30-21(29)16-14(10-15(23)24)22(16,3)4/h10,14,16,28H,5-9,11H2,1-4H3/t14-,16-/m0/s1. The van der Waals surface area contributed by atoms with Crippen LogP contribution in [0, 0.1) is 41.6 Å². The van der Waals surface area contributed by atoms with Crippen LogP contribution in [0.15, 0.2) is 9.47 Å².